The van der Waals surface area contributed by atoms with Crippen molar-refractivity contribution in [1.29, 1.82) is 0 Å². The van der Waals surface area contributed by atoms with Crippen molar-refractivity contribution in [3.8, 4) is 17.1 Å². The number of pyridine rings is 1. The SMILES string of the molecule is Cc1onc(-c2ccccc2)c1COc1ccc(C(=O)NC2CCN(C(C)C)CC2)cn1. The van der Waals surface area contributed by atoms with E-state index in [1.54, 1.807) is 18.3 Å². The van der Waals surface area contributed by atoms with E-state index in [1.165, 1.54) is 0 Å². The van der Waals surface area contributed by atoms with Crippen molar-refractivity contribution in [2.75, 3.05) is 13.1 Å². The van der Waals surface area contributed by atoms with Crippen LogP contribution in [0.15, 0.2) is 53.2 Å². The lowest BCUT2D eigenvalue weighted by atomic mass is 10.0. The second-order valence-electron chi connectivity index (χ2n) is 8.48. The van der Waals surface area contributed by atoms with Gasteiger partial charge in [0.15, 0.2) is 0 Å². The molecule has 4 rings (SSSR count). The Morgan fingerprint density at radius 2 is 1.94 bits per heavy atom. The molecule has 0 spiro atoms. The molecule has 3 heterocycles. The van der Waals surface area contributed by atoms with Gasteiger partial charge in [-0.25, -0.2) is 4.98 Å². The predicted molar refractivity (Wildman–Crippen MR) is 122 cm³/mol. The first-order chi connectivity index (χ1) is 15.5. The fraction of sp³-hybridized carbons (Fsp3) is 0.400. The standard InChI is InChI=1S/C25H30N4O3/c1-17(2)29-13-11-21(12-14-29)27-25(30)20-9-10-23(26-15-20)31-16-22-18(3)32-28-24(22)19-7-5-4-6-8-19/h4-10,15,17,21H,11-14,16H2,1-3H3,(H,27,30). The van der Waals surface area contributed by atoms with Crippen LogP contribution < -0.4 is 10.1 Å². The highest BCUT2D eigenvalue weighted by Crippen LogP contribution is 2.26. The Hall–Kier alpha value is -3.19. The maximum atomic E-state index is 12.6. The zero-order valence-corrected chi connectivity index (χ0v) is 18.9. The zero-order chi connectivity index (χ0) is 22.5. The minimum absolute atomic E-state index is 0.0895. The van der Waals surface area contributed by atoms with Crippen molar-refractivity contribution >= 4 is 5.91 Å². The first kappa shape index (κ1) is 22.0. The van der Waals surface area contributed by atoms with Crippen molar-refractivity contribution < 1.29 is 14.1 Å². The zero-order valence-electron chi connectivity index (χ0n) is 18.9. The van der Waals surface area contributed by atoms with Crippen molar-refractivity contribution in [3.05, 3.63) is 65.5 Å². The molecule has 7 nitrogen and oxygen atoms in total. The Morgan fingerprint density at radius 1 is 1.19 bits per heavy atom. The molecule has 2 aromatic heterocycles. The van der Waals surface area contributed by atoms with Crippen LogP contribution in [0.2, 0.25) is 0 Å². The summed E-state index contributed by atoms with van der Waals surface area (Å²) in [7, 11) is 0. The summed E-state index contributed by atoms with van der Waals surface area (Å²) in [5.74, 6) is 1.07. The average Bonchev–Trinajstić information content (AvgIpc) is 3.19. The lowest BCUT2D eigenvalue weighted by Gasteiger charge is -2.34. The molecule has 0 unspecified atom stereocenters. The maximum absolute atomic E-state index is 12.6. The predicted octanol–water partition coefficient (Wildman–Crippen LogP) is 4.23. The molecule has 1 aromatic carbocycles. The molecule has 1 fully saturated rings. The highest BCUT2D eigenvalue weighted by molar-refractivity contribution is 5.94. The number of nitrogens with zero attached hydrogens (tertiary/aromatic N) is 3. The quantitative estimate of drug-likeness (QED) is 0.600. The molecule has 0 bridgehead atoms. The maximum Gasteiger partial charge on any atom is 0.253 e. The fourth-order valence-corrected chi connectivity index (χ4v) is 3.96. The Labute approximate surface area is 188 Å². The number of ether oxygens (including phenoxy) is 1. The third-order valence-corrected chi connectivity index (χ3v) is 5.99. The highest BCUT2D eigenvalue weighted by atomic mass is 16.5. The molecule has 1 aliphatic rings. The topological polar surface area (TPSA) is 80.5 Å². The molecular formula is C25H30N4O3. The number of carbonyl (C=O) groups is 1. The molecule has 3 aromatic rings. The van der Waals surface area contributed by atoms with E-state index in [0.29, 0.717) is 23.2 Å². The van der Waals surface area contributed by atoms with E-state index in [9.17, 15) is 4.79 Å². The van der Waals surface area contributed by atoms with Gasteiger partial charge in [0, 0.05) is 43.0 Å². The average molecular weight is 435 g/mol. The number of aromatic nitrogens is 2. The number of likely N-dealkylation sites (tertiary alicyclic amines) is 1. The van der Waals surface area contributed by atoms with Gasteiger partial charge in [-0.05, 0) is 39.7 Å². The van der Waals surface area contributed by atoms with E-state index in [2.05, 4.69) is 34.2 Å². The Bertz CT molecular complexity index is 1020. The number of aryl methyl sites for hydroxylation is 1. The molecule has 1 N–H and O–H groups in total. The van der Waals surface area contributed by atoms with Gasteiger partial charge in [-0.2, -0.15) is 0 Å². The van der Waals surface area contributed by atoms with E-state index in [0.717, 1.165) is 42.8 Å². The van der Waals surface area contributed by atoms with Crippen molar-refractivity contribution in [2.45, 2.75) is 52.3 Å². The monoisotopic (exact) mass is 434 g/mol. The van der Waals surface area contributed by atoms with E-state index >= 15 is 0 Å². The van der Waals surface area contributed by atoms with E-state index in [4.69, 9.17) is 9.26 Å². The van der Waals surface area contributed by atoms with Gasteiger partial charge < -0.3 is 19.5 Å². The van der Waals surface area contributed by atoms with Gasteiger partial charge >= 0.3 is 0 Å². The summed E-state index contributed by atoms with van der Waals surface area (Å²) in [6, 6.07) is 14.1. The first-order valence-electron chi connectivity index (χ1n) is 11.2. The number of piperidine rings is 1. The lowest BCUT2D eigenvalue weighted by molar-refractivity contribution is 0.0900. The Balaban J connectivity index is 1.33. The van der Waals surface area contributed by atoms with Gasteiger partial charge in [0.2, 0.25) is 5.88 Å². The molecular weight excluding hydrogens is 404 g/mol. The molecule has 32 heavy (non-hydrogen) atoms. The smallest absolute Gasteiger partial charge is 0.253 e. The van der Waals surface area contributed by atoms with Crippen LogP contribution in [0, 0.1) is 6.92 Å². The van der Waals surface area contributed by atoms with Crippen LogP contribution in [-0.2, 0) is 6.61 Å². The van der Waals surface area contributed by atoms with Gasteiger partial charge in [0.05, 0.1) is 11.1 Å². The second-order valence-corrected chi connectivity index (χ2v) is 8.48. The van der Waals surface area contributed by atoms with Gasteiger partial charge in [-0.15, -0.1) is 0 Å². The number of benzene rings is 1. The normalized spacial score (nSPS) is 15.1. The first-order valence-corrected chi connectivity index (χ1v) is 11.2. The molecule has 168 valence electrons. The largest absolute Gasteiger partial charge is 0.473 e. The molecule has 0 atom stereocenters. The fourth-order valence-electron chi connectivity index (χ4n) is 3.96. The Kier molecular flexibility index (Phi) is 6.85. The van der Waals surface area contributed by atoms with Crippen LogP contribution in [-0.4, -0.2) is 46.1 Å². The summed E-state index contributed by atoms with van der Waals surface area (Å²) >= 11 is 0. The molecule has 0 aliphatic carbocycles. The number of amides is 1. The second kappa shape index (κ2) is 9.96. The number of hydrogen-bond donors (Lipinski definition) is 1. The molecule has 1 amide bonds. The summed E-state index contributed by atoms with van der Waals surface area (Å²) in [5.41, 5.74) is 3.16. The lowest BCUT2D eigenvalue weighted by Crippen LogP contribution is -2.46. The molecule has 7 heteroatoms. The molecule has 1 saturated heterocycles. The molecule has 0 saturated carbocycles. The Morgan fingerprint density at radius 3 is 2.59 bits per heavy atom. The number of rotatable bonds is 7. The van der Waals surface area contributed by atoms with Gasteiger partial charge in [0.1, 0.15) is 18.1 Å². The van der Waals surface area contributed by atoms with Crippen molar-refractivity contribution in [1.82, 2.24) is 20.4 Å². The van der Waals surface area contributed by atoms with E-state index in [-0.39, 0.29) is 18.6 Å². The third kappa shape index (κ3) is 5.16. The van der Waals surface area contributed by atoms with Crippen molar-refractivity contribution in [3.63, 3.8) is 0 Å². The summed E-state index contributed by atoms with van der Waals surface area (Å²) < 4.78 is 11.2. The van der Waals surface area contributed by atoms with Gasteiger partial charge in [-0.1, -0.05) is 35.5 Å². The van der Waals surface area contributed by atoms with E-state index < -0.39 is 0 Å². The summed E-state index contributed by atoms with van der Waals surface area (Å²) in [6.07, 6.45) is 3.51. The third-order valence-electron chi connectivity index (χ3n) is 5.99. The summed E-state index contributed by atoms with van der Waals surface area (Å²) in [6.45, 7) is 8.60. The summed E-state index contributed by atoms with van der Waals surface area (Å²) in [4.78, 5) is 19.4. The van der Waals surface area contributed by atoms with Crippen LogP contribution in [0.3, 0.4) is 0 Å². The minimum atomic E-state index is -0.0895. The number of nitrogens with one attached hydrogen (secondary N) is 1. The number of hydrogen-bond acceptors (Lipinski definition) is 6. The van der Waals surface area contributed by atoms with E-state index in [1.807, 2.05) is 37.3 Å². The number of carbonyl (C=O) groups excluding carboxylic acids is 1. The van der Waals surface area contributed by atoms with Crippen molar-refractivity contribution in [2.24, 2.45) is 0 Å². The molecule has 0 radical (unpaired) electrons. The summed E-state index contributed by atoms with van der Waals surface area (Å²) in [5, 5.41) is 7.31. The highest BCUT2D eigenvalue weighted by Gasteiger charge is 2.22. The van der Waals surface area contributed by atoms with Crippen LogP contribution in [0.5, 0.6) is 5.88 Å². The molecule has 1 aliphatic heterocycles. The van der Waals surface area contributed by atoms with Crippen LogP contribution >= 0.6 is 0 Å². The van der Waals surface area contributed by atoms with Gasteiger partial charge in [-0.3, -0.25) is 4.79 Å². The van der Waals surface area contributed by atoms with Crippen LogP contribution in [0.25, 0.3) is 11.3 Å². The van der Waals surface area contributed by atoms with Crippen LogP contribution in [0.1, 0.15) is 48.4 Å². The minimum Gasteiger partial charge on any atom is -0.473 e. The van der Waals surface area contributed by atoms with Crippen LogP contribution in [0.4, 0.5) is 0 Å². The van der Waals surface area contributed by atoms with Gasteiger partial charge in [0.25, 0.3) is 5.91 Å².